The molecule has 3 aromatic carbocycles. The van der Waals surface area contributed by atoms with Gasteiger partial charge in [0.05, 0.1) is 22.0 Å². The molecule has 0 radical (unpaired) electrons. The molecular weight excluding hydrogens is 619 g/mol. The van der Waals surface area contributed by atoms with Crippen LogP contribution in [0, 0.1) is 11.6 Å². The van der Waals surface area contributed by atoms with Crippen molar-refractivity contribution in [2.24, 2.45) is 0 Å². The van der Waals surface area contributed by atoms with E-state index in [4.69, 9.17) is 23.2 Å². The first kappa shape index (κ1) is 34.3. The van der Waals surface area contributed by atoms with Crippen LogP contribution in [0.15, 0.2) is 66.7 Å². The molecule has 0 fully saturated rings. The molecular formula is C31H35Cl2F2N3O4S. The maximum absolute atomic E-state index is 13.9. The van der Waals surface area contributed by atoms with E-state index < -0.39 is 33.6 Å². The second-order valence-corrected chi connectivity index (χ2v) is 13.1. The number of hydrogen-bond donors (Lipinski definition) is 1. The van der Waals surface area contributed by atoms with Gasteiger partial charge in [-0.15, -0.1) is 0 Å². The fraction of sp³-hybridized carbons (Fsp3) is 0.355. The Morgan fingerprint density at radius 3 is 2.23 bits per heavy atom. The minimum absolute atomic E-state index is 0.0418. The van der Waals surface area contributed by atoms with E-state index >= 15 is 0 Å². The number of hydrogen-bond acceptors (Lipinski definition) is 4. The second kappa shape index (κ2) is 15.5. The van der Waals surface area contributed by atoms with Gasteiger partial charge in [-0.05, 0) is 55.2 Å². The number of halogens is 4. The lowest BCUT2D eigenvalue weighted by molar-refractivity contribution is -0.141. The molecule has 232 valence electrons. The van der Waals surface area contributed by atoms with Gasteiger partial charge in [-0.3, -0.25) is 13.9 Å². The highest BCUT2D eigenvalue weighted by Gasteiger charge is 2.31. The zero-order chi connectivity index (χ0) is 31.7. The fourth-order valence-corrected chi connectivity index (χ4v) is 5.75. The van der Waals surface area contributed by atoms with Crippen molar-refractivity contribution in [2.75, 3.05) is 17.1 Å². The fourth-order valence-electron chi connectivity index (χ4n) is 4.47. The molecule has 0 bridgehead atoms. The third kappa shape index (κ3) is 9.91. The van der Waals surface area contributed by atoms with Crippen LogP contribution in [0.3, 0.4) is 0 Å². The molecule has 0 aliphatic heterocycles. The molecule has 0 unspecified atom stereocenters. The Labute approximate surface area is 261 Å². The lowest BCUT2D eigenvalue weighted by atomic mass is 10.0. The van der Waals surface area contributed by atoms with Crippen molar-refractivity contribution in [3.05, 3.63) is 99.5 Å². The van der Waals surface area contributed by atoms with Gasteiger partial charge in [0.25, 0.3) is 0 Å². The van der Waals surface area contributed by atoms with Gasteiger partial charge in [0.2, 0.25) is 21.8 Å². The van der Waals surface area contributed by atoms with Crippen molar-refractivity contribution in [1.29, 1.82) is 0 Å². The van der Waals surface area contributed by atoms with E-state index in [0.717, 1.165) is 34.3 Å². The number of carbonyl (C=O) groups excluding carboxylic acids is 2. The molecule has 0 spiro atoms. The Hall–Kier alpha value is -3.21. The lowest BCUT2D eigenvalue weighted by Gasteiger charge is -2.33. The number of nitrogens with one attached hydrogen (secondary N) is 1. The molecule has 43 heavy (non-hydrogen) atoms. The van der Waals surface area contributed by atoms with Crippen LogP contribution in [0.5, 0.6) is 0 Å². The highest BCUT2D eigenvalue weighted by Crippen LogP contribution is 2.25. The first-order valence-electron chi connectivity index (χ1n) is 13.8. The number of benzene rings is 3. The molecule has 2 atom stereocenters. The first-order valence-corrected chi connectivity index (χ1v) is 16.4. The van der Waals surface area contributed by atoms with Crippen LogP contribution in [-0.4, -0.2) is 50.0 Å². The normalized spacial score (nSPS) is 12.8. The SMILES string of the molecule is CC[C@@H](C)NC(=O)[C@@H](Cc1ccccc1)N(Cc1ccc(Cl)c(Cl)c1)C(=O)CCCN(c1ccc(F)c(F)c1)S(C)(=O)=O. The number of carbonyl (C=O) groups is 2. The number of sulfonamides is 1. The van der Waals surface area contributed by atoms with Crippen LogP contribution in [0.25, 0.3) is 0 Å². The topological polar surface area (TPSA) is 86.8 Å². The summed E-state index contributed by atoms with van der Waals surface area (Å²) in [6.45, 7) is 3.69. The molecule has 12 heteroatoms. The molecule has 3 rings (SSSR count). The van der Waals surface area contributed by atoms with Crippen LogP contribution in [0.2, 0.25) is 10.0 Å². The zero-order valence-corrected chi connectivity index (χ0v) is 26.5. The van der Waals surface area contributed by atoms with E-state index in [1.165, 1.54) is 4.90 Å². The van der Waals surface area contributed by atoms with Gasteiger partial charge < -0.3 is 10.2 Å². The van der Waals surface area contributed by atoms with Crippen molar-refractivity contribution in [3.8, 4) is 0 Å². The van der Waals surface area contributed by atoms with Gasteiger partial charge in [0.15, 0.2) is 11.6 Å². The summed E-state index contributed by atoms with van der Waals surface area (Å²) in [6, 6.07) is 16.0. The van der Waals surface area contributed by atoms with Crippen molar-refractivity contribution in [3.63, 3.8) is 0 Å². The summed E-state index contributed by atoms with van der Waals surface area (Å²) in [5.41, 5.74) is 1.44. The minimum Gasteiger partial charge on any atom is -0.352 e. The Morgan fingerprint density at radius 1 is 0.930 bits per heavy atom. The molecule has 0 heterocycles. The summed E-state index contributed by atoms with van der Waals surface area (Å²) >= 11 is 12.4. The molecule has 0 aliphatic rings. The summed E-state index contributed by atoms with van der Waals surface area (Å²) in [4.78, 5) is 29.0. The van der Waals surface area contributed by atoms with E-state index in [9.17, 15) is 26.8 Å². The van der Waals surface area contributed by atoms with Crippen LogP contribution < -0.4 is 9.62 Å². The van der Waals surface area contributed by atoms with Crippen molar-refractivity contribution in [1.82, 2.24) is 10.2 Å². The standard InChI is InChI=1S/C31H35Cl2F2N3O4S/c1-4-21(2)36-31(40)29(18-22-9-6-5-7-10-22)37(20-23-12-14-25(32)26(33)17-23)30(39)11-8-16-38(43(3,41)42)24-13-15-27(34)28(35)19-24/h5-7,9-10,12-15,17,19,21,29H,4,8,11,16,18,20H2,1-3H3,(H,36,40)/t21-,29-/m1/s1. The van der Waals surface area contributed by atoms with Crippen molar-refractivity contribution >= 4 is 50.7 Å². The van der Waals surface area contributed by atoms with Gasteiger partial charge in [-0.1, -0.05) is 66.5 Å². The van der Waals surface area contributed by atoms with Gasteiger partial charge in [-0.25, -0.2) is 17.2 Å². The van der Waals surface area contributed by atoms with E-state index in [-0.39, 0.29) is 50.0 Å². The van der Waals surface area contributed by atoms with Gasteiger partial charge in [0, 0.05) is 38.0 Å². The van der Waals surface area contributed by atoms with Crippen molar-refractivity contribution in [2.45, 2.75) is 58.2 Å². The number of rotatable bonds is 14. The third-order valence-corrected chi connectivity index (χ3v) is 8.89. The van der Waals surface area contributed by atoms with Crippen LogP contribution >= 0.6 is 23.2 Å². The van der Waals surface area contributed by atoms with E-state index in [2.05, 4.69) is 5.32 Å². The molecule has 0 aromatic heterocycles. The molecule has 7 nitrogen and oxygen atoms in total. The highest BCUT2D eigenvalue weighted by molar-refractivity contribution is 7.92. The maximum atomic E-state index is 13.9. The lowest BCUT2D eigenvalue weighted by Crippen LogP contribution is -2.52. The molecule has 2 amide bonds. The first-order chi connectivity index (χ1) is 20.3. The summed E-state index contributed by atoms with van der Waals surface area (Å²) < 4.78 is 53.3. The Morgan fingerprint density at radius 2 is 1.63 bits per heavy atom. The van der Waals surface area contributed by atoms with Crippen molar-refractivity contribution < 1.29 is 26.8 Å². The summed E-state index contributed by atoms with van der Waals surface area (Å²) in [7, 11) is -3.88. The van der Waals surface area contributed by atoms with Gasteiger partial charge >= 0.3 is 0 Å². The largest absolute Gasteiger partial charge is 0.352 e. The monoisotopic (exact) mass is 653 g/mol. The third-order valence-electron chi connectivity index (χ3n) is 6.95. The van der Waals surface area contributed by atoms with E-state index in [1.54, 1.807) is 18.2 Å². The Bertz CT molecular complexity index is 1530. The van der Waals surface area contributed by atoms with E-state index in [0.29, 0.717) is 22.0 Å². The maximum Gasteiger partial charge on any atom is 0.243 e. The second-order valence-electron chi connectivity index (χ2n) is 10.3. The number of nitrogens with zero attached hydrogens (tertiary/aromatic N) is 2. The average molecular weight is 655 g/mol. The number of anilines is 1. The predicted octanol–water partition coefficient (Wildman–Crippen LogP) is 6.37. The predicted molar refractivity (Wildman–Crippen MR) is 167 cm³/mol. The summed E-state index contributed by atoms with van der Waals surface area (Å²) in [6.07, 6.45) is 1.80. The average Bonchev–Trinajstić information content (AvgIpc) is 2.96. The van der Waals surface area contributed by atoms with Crippen LogP contribution in [0.4, 0.5) is 14.5 Å². The molecule has 1 N–H and O–H groups in total. The highest BCUT2D eigenvalue weighted by atomic mass is 35.5. The quantitative estimate of drug-likeness (QED) is 0.219. The molecule has 0 saturated carbocycles. The molecule has 3 aromatic rings. The molecule has 0 aliphatic carbocycles. The zero-order valence-electron chi connectivity index (χ0n) is 24.2. The smallest absolute Gasteiger partial charge is 0.243 e. The number of amides is 2. The van der Waals surface area contributed by atoms with Gasteiger partial charge in [0.1, 0.15) is 6.04 Å². The van der Waals surface area contributed by atoms with Crippen LogP contribution in [-0.2, 0) is 32.6 Å². The van der Waals surface area contributed by atoms with Crippen LogP contribution in [0.1, 0.15) is 44.2 Å². The van der Waals surface area contributed by atoms with E-state index in [1.807, 2.05) is 44.2 Å². The Kier molecular flexibility index (Phi) is 12.4. The Balaban J connectivity index is 1.92. The summed E-state index contributed by atoms with van der Waals surface area (Å²) in [5, 5.41) is 3.62. The van der Waals surface area contributed by atoms with Gasteiger partial charge in [-0.2, -0.15) is 0 Å². The molecule has 0 saturated heterocycles. The summed E-state index contributed by atoms with van der Waals surface area (Å²) in [5.74, 6) is -3.02. The minimum atomic E-state index is -3.88.